The van der Waals surface area contributed by atoms with Crippen molar-refractivity contribution < 1.29 is 4.79 Å². The summed E-state index contributed by atoms with van der Waals surface area (Å²) < 4.78 is 0. The van der Waals surface area contributed by atoms with Crippen LogP contribution in [0.1, 0.15) is 25.7 Å². The van der Waals surface area contributed by atoms with Crippen LogP contribution in [0.2, 0.25) is 0 Å². The molecule has 3 nitrogen and oxygen atoms in total. The fourth-order valence-corrected chi connectivity index (χ4v) is 1.55. The van der Waals surface area contributed by atoms with Crippen LogP contribution >= 0.6 is 0 Å². The van der Waals surface area contributed by atoms with E-state index < -0.39 is 0 Å². The summed E-state index contributed by atoms with van der Waals surface area (Å²) in [5.41, 5.74) is 0. The summed E-state index contributed by atoms with van der Waals surface area (Å²) in [5, 5.41) is 3.27. The van der Waals surface area contributed by atoms with Gasteiger partial charge in [-0.2, -0.15) is 0 Å². The SMILES string of the molecule is CN(C)C(=O)[C@H]1CCCCCN1. The summed E-state index contributed by atoms with van der Waals surface area (Å²) in [6.07, 6.45) is 4.63. The normalized spacial score (nSPS) is 24.7. The minimum Gasteiger partial charge on any atom is -0.347 e. The van der Waals surface area contributed by atoms with E-state index in [1.54, 1.807) is 4.90 Å². The summed E-state index contributed by atoms with van der Waals surface area (Å²) in [7, 11) is 3.63. The van der Waals surface area contributed by atoms with Gasteiger partial charge in [0.05, 0.1) is 6.04 Å². The fourth-order valence-electron chi connectivity index (χ4n) is 1.55. The molecule has 70 valence electrons. The number of hydrogen-bond acceptors (Lipinski definition) is 2. The molecule has 0 spiro atoms. The molecule has 0 radical (unpaired) electrons. The minimum atomic E-state index is 0.0718. The number of nitrogens with one attached hydrogen (secondary N) is 1. The van der Waals surface area contributed by atoms with Gasteiger partial charge in [0.25, 0.3) is 0 Å². The number of carbonyl (C=O) groups excluding carboxylic acids is 1. The van der Waals surface area contributed by atoms with Crippen molar-refractivity contribution >= 4 is 5.91 Å². The molecule has 0 aromatic rings. The van der Waals surface area contributed by atoms with Crippen molar-refractivity contribution in [1.29, 1.82) is 0 Å². The first-order chi connectivity index (χ1) is 5.72. The van der Waals surface area contributed by atoms with Gasteiger partial charge in [0.1, 0.15) is 0 Å². The van der Waals surface area contributed by atoms with Crippen molar-refractivity contribution in [2.24, 2.45) is 0 Å². The Kier molecular flexibility index (Phi) is 3.53. The molecule has 1 amide bonds. The third-order valence-electron chi connectivity index (χ3n) is 2.30. The highest BCUT2D eigenvalue weighted by atomic mass is 16.2. The summed E-state index contributed by atoms with van der Waals surface area (Å²) in [4.78, 5) is 13.2. The van der Waals surface area contributed by atoms with Crippen LogP contribution in [0.25, 0.3) is 0 Å². The zero-order chi connectivity index (χ0) is 8.97. The number of carbonyl (C=O) groups is 1. The predicted octanol–water partition coefficient (Wildman–Crippen LogP) is 0.607. The highest BCUT2D eigenvalue weighted by Gasteiger charge is 2.20. The van der Waals surface area contributed by atoms with Gasteiger partial charge in [-0.05, 0) is 19.4 Å². The Morgan fingerprint density at radius 1 is 1.33 bits per heavy atom. The van der Waals surface area contributed by atoms with Crippen LogP contribution in [-0.2, 0) is 4.79 Å². The first-order valence-electron chi connectivity index (χ1n) is 4.66. The molecule has 0 aromatic carbocycles. The van der Waals surface area contributed by atoms with Crippen LogP contribution in [0.4, 0.5) is 0 Å². The number of rotatable bonds is 1. The topological polar surface area (TPSA) is 32.3 Å². The van der Waals surface area contributed by atoms with Crippen molar-refractivity contribution in [2.75, 3.05) is 20.6 Å². The summed E-state index contributed by atoms with van der Waals surface area (Å²) in [6, 6.07) is 0.0718. The smallest absolute Gasteiger partial charge is 0.239 e. The molecule has 1 rings (SSSR count). The van der Waals surface area contributed by atoms with Crippen molar-refractivity contribution in [1.82, 2.24) is 10.2 Å². The van der Waals surface area contributed by atoms with E-state index in [2.05, 4.69) is 5.32 Å². The Hall–Kier alpha value is -0.570. The highest BCUT2D eigenvalue weighted by molar-refractivity contribution is 5.81. The van der Waals surface area contributed by atoms with E-state index in [0.29, 0.717) is 0 Å². The zero-order valence-electron chi connectivity index (χ0n) is 7.97. The van der Waals surface area contributed by atoms with Gasteiger partial charge in [-0.25, -0.2) is 0 Å². The maximum absolute atomic E-state index is 11.5. The third kappa shape index (κ3) is 2.48. The van der Waals surface area contributed by atoms with E-state index >= 15 is 0 Å². The zero-order valence-corrected chi connectivity index (χ0v) is 7.97. The lowest BCUT2D eigenvalue weighted by Gasteiger charge is -2.19. The Morgan fingerprint density at radius 2 is 2.08 bits per heavy atom. The second-order valence-corrected chi connectivity index (χ2v) is 3.59. The van der Waals surface area contributed by atoms with Crippen LogP contribution in [0.3, 0.4) is 0 Å². The first-order valence-corrected chi connectivity index (χ1v) is 4.66. The molecule has 3 heteroatoms. The van der Waals surface area contributed by atoms with E-state index in [1.165, 1.54) is 19.3 Å². The number of hydrogen-bond donors (Lipinski definition) is 1. The molecule has 0 unspecified atom stereocenters. The van der Waals surface area contributed by atoms with Gasteiger partial charge in [0.15, 0.2) is 0 Å². The lowest BCUT2D eigenvalue weighted by Crippen LogP contribution is -2.43. The molecular weight excluding hydrogens is 152 g/mol. The van der Waals surface area contributed by atoms with Crippen molar-refractivity contribution in [3.8, 4) is 0 Å². The molecule has 12 heavy (non-hydrogen) atoms. The number of likely N-dealkylation sites (N-methyl/N-ethyl adjacent to an activating group) is 1. The summed E-state index contributed by atoms with van der Waals surface area (Å²) in [6.45, 7) is 0.990. The van der Waals surface area contributed by atoms with Gasteiger partial charge in [-0.3, -0.25) is 4.79 Å². The van der Waals surface area contributed by atoms with Gasteiger partial charge in [-0.1, -0.05) is 12.8 Å². The Labute approximate surface area is 74.1 Å². The summed E-state index contributed by atoms with van der Waals surface area (Å²) >= 11 is 0. The second-order valence-electron chi connectivity index (χ2n) is 3.59. The largest absolute Gasteiger partial charge is 0.347 e. The Balaban J connectivity index is 2.43. The van der Waals surface area contributed by atoms with Crippen LogP contribution in [0, 0.1) is 0 Å². The lowest BCUT2D eigenvalue weighted by molar-refractivity contribution is -0.131. The molecule has 1 aliphatic rings. The fraction of sp³-hybridized carbons (Fsp3) is 0.889. The molecule has 0 aromatic heterocycles. The van der Waals surface area contributed by atoms with Gasteiger partial charge in [-0.15, -0.1) is 0 Å². The highest BCUT2D eigenvalue weighted by Crippen LogP contribution is 2.09. The monoisotopic (exact) mass is 170 g/mol. The molecule has 1 N–H and O–H groups in total. The molecule has 1 fully saturated rings. The molecule has 0 saturated carbocycles. The maximum atomic E-state index is 11.5. The van der Waals surface area contributed by atoms with Crippen molar-refractivity contribution in [3.05, 3.63) is 0 Å². The molecular formula is C9H18N2O. The van der Waals surface area contributed by atoms with Crippen LogP contribution in [0.15, 0.2) is 0 Å². The number of amides is 1. The van der Waals surface area contributed by atoms with Gasteiger partial charge >= 0.3 is 0 Å². The van der Waals surface area contributed by atoms with Crippen LogP contribution < -0.4 is 5.32 Å². The first kappa shape index (κ1) is 9.52. The van der Waals surface area contributed by atoms with Gasteiger partial charge in [0, 0.05) is 14.1 Å². The molecule has 1 heterocycles. The standard InChI is InChI=1S/C9H18N2O/c1-11(2)9(12)8-6-4-3-5-7-10-8/h8,10H,3-7H2,1-2H3/t8-/m1/s1. The minimum absolute atomic E-state index is 0.0718. The lowest BCUT2D eigenvalue weighted by atomic mass is 10.1. The van der Waals surface area contributed by atoms with Crippen molar-refractivity contribution in [2.45, 2.75) is 31.7 Å². The van der Waals surface area contributed by atoms with E-state index in [4.69, 9.17) is 0 Å². The average molecular weight is 170 g/mol. The Bertz CT molecular complexity index is 149. The van der Waals surface area contributed by atoms with Crippen molar-refractivity contribution in [3.63, 3.8) is 0 Å². The molecule has 0 aliphatic carbocycles. The Morgan fingerprint density at radius 3 is 2.75 bits per heavy atom. The van der Waals surface area contributed by atoms with Crippen LogP contribution in [-0.4, -0.2) is 37.5 Å². The van der Waals surface area contributed by atoms with E-state index in [9.17, 15) is 4.79 Å². The molecule has 1 saturated heterocycles. The van der Waals surface area contributed by atoms with Crippen LogP contribution in [0.5, 0.6) is 0 Å². The second kappa shape index (κ2) is 4.45. The molecule has 1 aliphatic heterocycles. The molecule has 0 bridgehead atoms. The summed E-state index contributed by atoms with van der Waals surface area (Å²) in [5.74, 6) is 0.219. The van der Waals surface area contributed by atoms with E-state index in [-0.39, 0.29) is 11.9 Å². The number of nitrogens with zero attached hydrogens (tertiary/aromatic N) is 1. The van der Waals surface area contributed by atoms with Gasteiger partial charge in [0.2, 0.25) is 5.91 Å². The van der Waals surface area contributed by atoms with E-state index in [1.807, 2.05) is 14.1 Å². The average Bonchev–Trinajstić information content (AvgIpc) is 2.30. The van der Waals surface area contributed by atoms with Gasteiger partial charge < -0.3 is 10.2 Å². The third-order valence-corrected chi connectivity index (χ3v) is 2.30. The maximum Gasteiger partial charge on any atom is 0.239 e. The quantitative estimate of drug-likeness (QED) is 0.625. The van der Waals surface area contributed by atoms with E-state index in [0.717, 1.165) is 13.0 Å². The predicted molar refractivity (Wildman–Crippen MR) is 49.0 cm³/mol. The molecule has 1 atom stereocenters.